The minimum atomic E-state index is 0.683. The maximum Gasteiger partial charge on any atom is 0.0951 e. The second kappa shape index (κ2) is 5.49. The van der Waals surface area contributed by atoms with E-state index in [0.717, 1.165) is 25.0 Å². The summed E-state index contributed by atoms with van der Waals surface area (Å²) in [7, 11) is 0. The van der Waals surface area contributed by atoms with Crippen molar-refractivity contribution in [2.75, 3.05) is 26.2 Å². The minimum Gasteiger partial charge on any atom is -0.330 e. The fourth-order valence-corrected chi connectivity index (χ4v) is 4.57. The molecule has 4 rings (SSSR count). The van der Waals surface area contributed by atoms with Gasteiger partial charge in [-0.1, -0.05) is 6.42 Å². The summed E-state index contributed by atoms with van der Waals surface area (Å²) in [5.74, 6) is 0.719. The molecule has 3 fully saturated rings. The van der Waals surface area contributed by atoms with E-state index in [0.29, 0.717) is 6.04 Å². The number of nitrogens with zero attached hydrogens (tertiary/aromatic N) is 3. The molecule has 20 heavy (non-hydrogen) atoms. The Morgan fingerprint density at radius 1 is 1.00 bits per heavy atom. The predicted octanol–water partition coefficient (Wildman–Crippen LogP) is 2.15. The second-order valence-electron chi connectivity index (χ2n) is 6.71. The van der Waals surface area contributed by atoms with Gasteiger partial charge in [0.25, 0.3) is 0 Å². The van der Waals surface area contributed by atoms with E-state index in [2.05, 4.69) is 32.3 Å². The molecule has 2 unspecified atom stereocenters. The van der Waals surface area contributed by atoms with Gasteiger partial charge in [0.1, 0.15) is 0 Å². The molecule has 0 radical (unpaired) electrons. The van der Waals surface area contributed by atoms with Crippen LogP contribution in [0, 0.1) is 0 Å². The van der Waals surface area contributed by atoms with Gasteiger partial charge in [-0.15, -0.1) is 0 Å². The van der Waals surface area contributed by atoms with Gasteiger partial charge in [0, 0.05) is 30.4 Å². The molecule has 0 bridgehead atoms. The highest BCUT2D eigenvalue weighted by Crippen LogP contribution is 2.37. The number of fused-ring (bicyclic) bond motifs is 1. The average Bonchev–Trinajstić information content (AvgIpc) is 3.14. The van der Waals surface area contributed by atoms with Crippen LogP contribution in [0.5, 0.6) is 0 Å². The third-order valence-electron chi connectivity index (χ3n) is 5.63. The fraction of sp³-hybridized carbons (Fsp3) is 0.812. The lowest BCUT2D eigenvalue weighted by Crippen LogP contribution is -2.38. The molecule has 0 spiro atoms. The second-order valence-corrected chi connectivity index (χ2v) is 6.71. The first-order valence-electron chi connectivity index (χ1n) is 8.40. The van der Waals surface area contributed by atoms with Crippen LogP contribution >= 0.6 is 0 Å². The molecule has 1 aromatic rings. The smallest absolute Gasteiger partial charge is 0.0951 e. The number of hydrogen-bond acceptors (Lipinski definition) is 3. The van der Waals surface area contributed by atoms with E-state index in [9.17, 15) is 0 Å². The first-order valence-corrected chi connectivity index (χ1v) is 8.40. The normalized spacial score (nSPS) is 32.4. The molecule has 0 aromatic carbocycles. The highest BCUT2D eigenvalue weighted by molar-refractivity contribution is 5.11. The Hall–Kier alpha value is -0.870. The standard InChI is InChI=1S/C16H26N4/c1-2-9-19-10-6-15(14(19)3-1)20-12-18-11-16(20)13-4-7-17-8-5-13/h11-15,17H,1-10H2. The molecular formula is C16H26N4. The van der Waals surface area contributed by atoms with Crippen molar-refractivity contribution in [2.45, 2.75) is 56.5 Å². The maximum atomic E-state index is 4.50. The molecule has 3 saturated heterocycles. The van der Waals surface area contributed by atoms with Crippen molar-refractivity contribution in [1.29, 1.82) is 0 Å². The van der Waals surface area contributed by atoms with Crippen molar-refractivity contribution in [2.24, 2.45) is 0 Å². The molecule has 2 atom stereocenters. The molecule has 0 saturated carbocycles. The van der Waals surface area contributed by atoms with E-state index in [1.165, 1.54) is 57.3 Å². The Morgan fingerprint density at radius 2 is 1.90 bits per heavy atom. The highest BCUT2D eigenvalue weighted by Gasteiger charge is 2.37. The summed E-state index contributed by atoms with van der Waals surface area (Å²) in [5.41, 5.74) is 1.50. The lowest BCUT2D eigenvalue weighted by molar-refractivity contribution is 0.171. The van der Waals surface area contributed by atoms with Crippen molar-refractivity contribution in [3.63, 3.8) is 0 Å². The molecule has 4 nitrogen and oxygen atoms in total. The SMILES string of the molecule is c1ncn(C2CCN3CCCCC23)c1C1CCNCC1. The van der Waals surface area contributed by atoms with Gasteiger partial charge in [0.2, 0.25) is 0 Å². The van der Waals surface area contributed by atoms with Crippen LogP contribution in [-0.4, -0.2) is 46.7 Å². The van der Waals surface area contributed by atoms with E-state index >= 15 is 0 Å². The molecule has 110 valence electrons. The van der Waals surface area contributed by atoms with Gasteiger partial charge in [-0.2, -0.15) is 0 Å². The highest BCUT2D eigenvalue weighted by atomic mass is 15.3. The molecular weight excluding hydrogens is 248 g/mol. The van der Waals surface area contributed by atoms with Crippen LogP contribution in [0.25, 0.3) is 0 Å². The Bertz CT molecular complexity index is 449. The number of rotatable bonds is 2. The summed E-state index contributed by atoms with van der Waals surface area (Å²) < 4.78 is 2.55. The molecule has 1 aromatic heterocycles. The van der Waals surface area contributed by atoms with Gasteiger partial charge < -0.3 is 9.88 Å². The molecule has 4 heterocycles. The zero-order valence-corrected chi connectivity index (χ0v) is 12.3. The third-order valence-corrected chi connectivity index (χ3v) is 5.63. The van der Waals surface area contributed by atoms with Crippen molar-refractivity contribution in [3.8, 4) is 0 Å². The Kier molecular flexibility index (Phi) is 3.52. The summed E-state index contributed by atoms with van der Waals surface area (Å²) in [6.45, 7) is 4.93. The summed E-state index contributed by atoms with van der Waals surface area (Å²) in [5, 5.41) is 3.47. The summed E-state index contributed by atoms with van der Waals surface area (Å²) in [4.78, 5) is 7.23. The molecule has 4 heteroatoms. The van der Waals surface area contributed by atoms with Gasteiger partial charge >= 0.3 is 0 Å². The van der Waals surface area contributed by atoms with E-state index in [1.807, 2.05) is 0 Å². The number of aromatic nitrogens is 2. The number of hydrogen-bond donors (Lipinski definition) is 1. The third kappa shape index (κ3) is 2.19. The molecule has 3 aliphatic rings. The van der Waals surface area contributed by atoms with Gasteiger partial charge in [-0.05, 0) is 51.7 Å². The molecule has 0 aliphatic carbocycles. The first-order chi connectivity index (χ1) is 9.93. The number of imidazole rings is 1. The monoisotopic (exact) mass is 274 g/mol. The lowest BCUT2D eigenvalue weighted by atomic mass is 9.93. The Morgan fingerprint density at radius 3 is 2.80 bits per heavy atom. The average molecular weight is 274 g/mol. The molecule has 3 aliphatic heterocycles. The Balaban J connectivity index is 1.57. The zero-order valence-electron chi connectivity index (χ0n) is 12.3. The van der Waals surface area contributed by atoms with Crippen molar-refractivity contribution in [1.82, 2.24) is 19.8 Å². The minimum absolute atomic E-state index is 0.683. The predicted molar refractivity (Wildman–Crippen MR) is 79.9 cm³/mol. The van der Waals surface area contributed by atoms with Gasteiger partial charge in [-0.25, -0.2) is 4.98 Å². The largest absolute Gasteiger partial charge is 0.330 e. The van der Waals surface area contributed by atoms with Crippen LogP contribution in [-0.2, 0) is 0 Å². The molecule has 0 amide bonds. The van der Waals surface area contributed by atoms with E-state index in [4.69, 9.17) is 0 Å². The van der Waals surface area contributed by atoms with Crippen LogP contribution in [0.4, 0.5) is 0 Å². The van der Waals surface area contributed by atoms with Crippen molar-refractivity contribution < 1.29 is 0 Å². The lowest BCUT2D eigenvalue weighted by Gasteiger charge is -2.34. The van der Waals surface area contributed by atoms with E-state index < -0.39 is 0 Å². The zero-order chi connectivity index (χ0) is 13.4. The van der Waals surface area contributed by atoms with Gasteiger partial charge in [-0.3, -0.25) is 4.90 Å². The van der Waals surface area contributed by atoms with Gasteiger partial charge in [0.15, 0.2) is 0 Å². The van der Waals surface area contributed by atoms with Crippen LogP contribution in [0.2, 0.25) is 0 Å². The molecule has 1 N–H and O–H groups in total. The van der Waals surface area contributed by atoms with Crippen molar-refractivity contribution >= 4 is 0 Å². The van der Waals surface area contributed by atoms with Crippen LogP contribution in [0.3, 0.4) is 0 Å². The number of piperidine rings is 2. The van der Waals surface area contributed by atoms with Crippen LogP contribution in [0.15, 0.2) is 12.5 Å². The van der Waals surface area contributed by atoms with E-state index in [1.54, 1.807) is 0 Å². The quantitative estimate of drug-likeness (QED) is 0.897. The van der Waals surface area contributed by atoms with Gasteiger partial charge in [0.05, 0.1) is 12.4 Å². The Labute approximate surface area is 121 Å². The summed E-state index contributed by atoms with van der Waals surface area (Å²) in [6.07, 6.45) is 12.3. The van der Waals surface area contributed by atoms with Crippen LogP contribution in [0.1, 0.15) is 56.2 Å². The summed E-state index contributed by atoms with van der Waals surface area (Å²) in [6, 6.07) is 1.46. The maximum absolute atomic E-state index is 4.50. The van der Waals surface area contributed by atoms with Crippen molar-refractivity contribution in [3.05, 3.63) is 18.2 Å². The number of nitrogens with one attached hydrogen (secondary N) is 1. The fourth-order valence-electron chi connectivity index (χ4n) is 4.57. The van der Waals surface area contributed by atoms with Crippen LogP contribution < -0.4 is 5.32 Å². The summed E-state index contributed by atoms with van der Waals surface area (Å²) >= 11 is 0. The van der Waals surface area contributed by atoms with E-state index in [-0.39, 0.29) is 0 Å². The first kappa shape index (κ1) is 12.8. The topological polar surface area (TPSA) is 33.1 Å².